The zero-order valence-corrected chi connectivity index (χ0v) is 12.8. The molecule has 1 aliphatic heterocycles. The molecule has 1 saturated carbocycles. The van der Waals surface area contributed by atoms with Crippen LogP contribution in [0.2, 0.25) is 0 Å². The van der Waals surface area contributed by atoms with Crippen molar-refractivity contribution in [3.63, 3.8) is 0 Å². The minimum absolute atomic E-state index is 0.0132. The summed E-state index contributed by atoms with van der Waals surface area (Å²) >= 11 is 1.50. The molecule has 21 heavy (non-hydrogen) atoms. The molecule has 6 heteroatoms. The molecular formula is C15H19N3O2S. The third-order valence-electron chi connectivity index (χ3n) is 4.42. The van der Waals surface area contributed by atoms with E-state index in [4.69, 9.17) is 5.73 Å². The highest BCUT2D eigenvalue weighted by atomic mass is 32.2. The Kier molecular flexibility index (Phi) is 3.67. The fourth-order valence-electron chi connectivity index (χ4n) is 2.91. The summed E-state index contributed by atoms with van der Waals surface area (Å²) in [4.78, 5) is 24.9. The molecule has 0 aromatic heterocycles. The lowest BCUT2D eigenvalue weighted by atomic mass is 9.84. The molecule has 112 valence electrons. The van der Waals surface area contributed by atoms with E-state index in [0.717, 1.165) is 29.8 Å². The molecule has 3 rings (SSSR count). The van der Waals surface area contributed by atoms with Crippen molar-refractivity contribution in [3.05, 3.63) is 18.2 Å². The van der Waals surface area contributed by atoms with Crippen molar-refractivity contribution in [3.8, 4) is 0 Å². The minimum atomic E-state index is -0.506. The van der Waals surface area contributed by atoms with Crippen LogP contribution < -0.4 is 16.4 Å². The Labute approximate surface area is 128 Å². The number of rotatable bonds is 2. The van der Waals surface area contributed by atoms with Gasteiger partial charge in [0.25, 0.3) is 0 Å². The van der Waals surface area contributed by atoms with Crippen LogP contribution in [-0.2, 0) is 9.59 Å². The zero-order chi connectivity index (χ0) is 15.0. The molecule has 2 aliphatic rings. The number of nitrogens with two attached hydrogens (primary N) is 1. The monoisotopic (exact) mass is 305 g/mol. The summed E-state index contributed by atoms with van der Waals surface area (Å²) in [5.41, 5.74) is 7.03. The molecule has 0 radical (unpaired) electrons. The van der Waals surface area contributed by atoms with Crippen LogP contribution in [0.3, 0.4) is 0 Å². The summed E-state index contributed by atoms with van der Waals surface area (Å²) in [5, 5.41) is 5.77. The van der Waals surface area contributed by atoms with Crippen LogP contribution in [-0.4, -0.2) is 23.6 Å². The maximum atomic E-state index is 12.5. The molecule has 1 fully saturated rings. The van der Waals surface area contributed by atoms with Crippen molar-refractivity contribution in [2.75, 3.05) is 16.4 Å². The van der Waals surface area contributed by atoms with Crippen LogP contribution in [0.1, 0.15) is 26.2 Å². The van der Waals surface area contributed by atoms with E-state index < -0.39 is 5.41 Å². The van der Waals surface area contributed by atoms with Gasteiger partial charge in [-0.3, -0.25) is 9.59 Å². The Hall–Kier alpha value is -1.53. The van der Waals surface area contributed by atoms with Gasteiger partial charge in [-0.15, -0.1) is 11.8 Å². The van der Waals surface area contributed by atoms with Crippen molar-refractivity contribution >= 4 is 35.0 Å². The SMILES string of the molecule is CC1(C(=O)Nc2ccc3c(c2)NC(=O)CS3)CCCC1N. The van der Waals surface area contributed by atoms with Crippen LogP contribution in [0.4, 0.5) is 11.4 Å². The van der Waals surface area contributed by atoms with Crippen LogP contribution in [0.5, 0.6) is 0 Å². The van der Waals surface area contributed by atoms with Crippen LogP contribution in [0, 0.1) is 5.41 Å². The lowest BCUT2D eigenvalue weighted by molar-refractivity contribution is -0.125. The molecule has 0 spiro atoms. The number of anilines is 2. The van der Waals surface area contributed by atoms with Gasteiger partial charge in [-0.25, -0.2) is 0 Å². The first-order chi connectivity index (χ1) is 9.99. The Bertz CT molecular complexity index is 605. The average Bonchev–Trinajstić information content (AvgIpc) is 2.79. The summed E-state index contributed by atoms with van der Waals surface area (Å²) in [7, 11) is 0. The fourth-order valence-corrected chi connectivity index (χ4v) is 3.70. The second kappa shape index (κ2) is 5.35. The van der Waals surface area contributed by atoms with Gasteiger partial charge in [0, 0.05) is 16.6 Å². The lowest BCUT2D eigenvalue weighted by Gasteiger charge is -2.27. The largest absolute Gasteiger partial charge is 0.327 e. The molecule has 1 aromatic rings. The van der Waals surface area contributed by atoms with E-state index in [0.29, 0.717) is 11.4 Å². The summed E-state index contributed by atoms with van der Waals surface area (Å²) in [6, 6.07) is 5.50. The maximum Gasteiger partial charge on any atom is 0.234 e. The highest BCUT2D eigenvalue weighted by molar-refractivity contribution is 8.00. The highest BCUT2D eigenvalue weighted by Crippen LogP contribution is 2.38. The van der Waals surface area contributed by atoms with Gasteiger partial charge in [0.2, 0.25) is 11.8 Å². The highest BCUT2D eigenvalue weighted by Gasteiger charge is 2.42. The van der Waals surface area contributed by atoms with E-state index >= 15 is 0 Å². The summed E-state index contributed by atoms with van der Waals surface area (Å²) < 4.78 is 0. The van der Waals surface area contributed by atoms with Crippen molar-refractivity contribution < 1.29 is 9.59 Å². The van der Waals surface area contributed by atoms with Gasteiger partial charge < -0.3 is 16.4 Å². The fraction of sp³-hybridized carbons (Fsp3) is 0.467. The molecule has 2 unspecified atom stereocenters. The van der Waals surface area contributed by atoms with Crippen molar-refractivity contribution in [1.82, 2.24) is 0 Å². The van der Waals surface area contributed by atoms with Gasteiger partial charge >= 0.3 is 0 Å². The normalized spacial score (nSPS) is 27.9. The Morgan fingerprint density at radius 1 is 1.52 bits per heavy atom. The first kappa shape index (κ1) is 14.4. The topological polar surface area (TPSA) is 84.2 Å². The van der Waals surface area contributed by atoms with E-state index in [-0.39, 0.29) is 17.9 Å². The Balaban J connectivity index is 1.78. The number of nitrogens with one attached hydrogen (secondary N) is 2. The number of carbonyl (C=O) groups excluding carboxylic acids is 2. The Morgan fingerprint density at radius 3 is 3.05 bits per heavy atom. The number of amides is 2. The van der Waals surface area contributed by atoms with E-state index in [1.165, 1.54) is 11.8 Å². The van der Waals surface area contributed by atoms with Gasteiger partial charge in [0.1, 0.15) is 0 Å². The second-order valence-corrected chi connectivity index (χ2v) is 6.94. The first-order valence-corrected chi connectivity index (χ1v) is 8.11. The summed E-state index contributed by atoms with van der Waals surface area (Å²) in [6.45, 7) is 1.93. The standard InChI is InChI=1S/C15H19N3O2S/c1-15(6-2-3-12(15)16)14(20)17-9-4-5-11-10(7-9)18-13(19)8-21-11/h4-5,7,12H,2-3,6,8,16H2,1H3,(H,17,20)(H,18,19). The van der Waals surface area contributed by atoms with E-state index in [2.05, 4.69) is 10.6 Å². The van der Waals surface area contributed by atoms with E-state index in [1.54, 1.807) is 6.07 Å². The molecule has 2 atom stereocenters. The van der Waals surface area contributed by atoms with Gasteiger partial charge in [0.05, 0.1) is 16.9 Å². The van der Waals surface area contributed by atoms with Crippen LogP contribution in [0.25, 0.3) is 0 Å². The van der Waals surface area contributed by atoms with Crippen LogP contribution >= 0.6 is 11.8 Å². The molecular weight excluding hydrogens is 286 g/mol. The molecule has 1 aromatic carbocycles. The van der Waals surface area contributed by atoms with Crippen molar-refractivity contribution in [2.45, 2.75) is 37.1 Å². The molecule has 0 saturated heterocycles. The predicted molar refractivity (Wildman–Crippen MR) is 84.4 cm³/mol. The average molecular weight is 305 g/mol. The third kappa shape index (κ3) is 2.65. The quantitative estimate of drug-likeness (QED) is 0.782. The number of carbonyl (C=O) groups is 2. The predicted octanol–water partition coefficient (Wildman–Crippen LogP) is 2.19. The smallest absolute Gasteiger partial charge is 0.234 e. The van der Waals surface area contributed by atoms with Gasteiger partial charge in [-0.1, -0.05) is 6.42 Å². The molecule has 0 bridgehead atoms. The minimum Gasteiger partial charge on any atom is -0.327 e. The number of thioether (sulfide) groups is 1. The molecule has 2 amide bonds. The van der Waals surface area contributed by atoms with Gasteiger partial charge in [-0.05, 0) is 38.0 Å². The second-order valence-electron chi connectivity index (χ2n) is 5.92. The molecule has 1 heterocycles. The van der Waals surface area contributed by atoms with Crippen LogP contribution in [0.15, 0.2) is 23.1 Å². The van der Waals surface area contributed by atoms with E-state index in [9.17, 15) is 9.59 Å². The summed E-state index contributed by atoms with van der Waals surface area (Å²) in [5.74, 6) is 0.383. The number of fused-ring (bicyclic) bond motifs is 1. The van der Waals surface area contributed by atoms with Gasteiger partial charge in [0.15, 0.2) is 0 Å². The number of hydrogen-bond acceptors (Lipinski definition) is 4. The third-order valence-corrected chi connectivity index (χ3v) is 5.49. The maximum absolute atomic E-state index is 12.5. The molecule has 1 aliphatic carbocycles. The van der Waals surface area contributed by atoms with Crippen molar-refractivity contribution in [1.29, 1.82) is 0 Å². The molecule has 4 N–H and O–H groups in total. The van der Waals surface area contributed by atoms with Crippen molar-refractivity contribution in [2.24, 2.45) is 11.1 Å². The van der Waals surface area contributed by atoms with E-state index in [1.807, 2.05) is 19.1 Å². The number of benzene rings is 1. The first-order valence-electron chi connectivity index (χ1n) is 7.13. The zero-order valence-electron chi connectivity index (χ0n) is 11.9. The lowest BCUT2D eigenvalue weighted by Crippen LogP contribution is -2.44. The Morgan fingerprint density at radius 2 is 2.33 bits per heavy atom. The van der Waals surface area contributed by atoms with Gasteiger partial charge in [-0.2, -0.15) is 0 Å². The number of hydrogen-bond donors (Lipinski definition) is 3. The summed E-state index contributed by atoms with van der Waals surface area (Å²) in [6.07, 6.45) is 2.69. The molecule has 5 nitrogen and oxygen atoms in total.